The molecule has 0 heterocycles. The first kappa shape index (κ1) is 14.6. The maximum atomic E-state index is 12.3. The number of nitrogens with zero attached hydrogens (tertiary/aromatic N) is 2. The van der Waals surface area contributed by atoms with Crippen molar-refractivity contribution in [2.45, 2.75) is 11.8 Å². The first-order chi connectivity index (χ1) is 9.96. The second-order valence-corrected chi connectivity index (χ2v) is 6.07. The van der Waals surface area contributed by atoms with Crippen molar-refractivity contribution in [1.82, 2.24) is 0 Å². The SMILES string of the molecule is Cc1ccc(C#N)cc1NS(=O)(=O)c1ccc(C#N)cc1. The minimum Gasteiger partial charge on any atom is -0.279 e. The number of hydrogen-bond donors (Lipinski definition) is 1. The molecule has 0 aliphatic heterocycles. The molecule has 2 aromatic rings. The van der Waals surface area contributed by atoms with E-state index in [0.717, 1.165) is 0 Å². The first-order valence-corrected chi connectivity index (χ1v) is 7.48. The molecule has 0 aliphatic rings. The third-order valence-corrected chi connectivity index (χ3v) is 4.29. The van der Waals surface area contributed by atoms with Crippen molar-refractivity contribution in [1.29, 1.82) is 10.5 Å². The van der Waals surface area contributed by atoms with Crippen LogP contribution >= 0.6 is 0 Å². The fourth-order valence-corrected chi connectivity index (χ4v) is 2.84. The predicted molar refractivity (Wildman–Crippen MR) is 77.9 cm³/mol. The lowest BCUT2D eigenvalue weighted by Gasteiger charge is -2.10. The lowest BCUT2D eigenvalue weighted by atomic mass is 10.1. The molecule has 5 nitrogen and oxygen atoms in total. The molecule has 2 rings (SSSR count). The Morgan fingerprint density at radius 3 is 2.10 bits per heavy atom. The van der Waals surface area contributed by atoms with E-state index < -0.39 is 10.0 Å². The number of nitrogens with one attached hydrogen (secondary N) is 1. The van der Waals surface area contributed by atoms with Crippen LogP contribution in [0.1, 0.15) is 16.7 Å². The Labute approximate surface area is 123 Å². The molecule has 21 heavy (non-hydrogen) atoms. The van der Waals surface area contributed by atoms with Crippen molar-refractivity contribution in [3.8, 4) is 12.1 Å². The number of anilines is 1. The van der Waals surface area contributed by atoms with Gasteiger partial charge in [-0.15, -0.1) is 0 Å². The van der Waals surface area contributed by atoms with E-state index in [4.69, 9.17) is 10.5 Å². The fourth-order valence-electron chi connectivity index (χ4n) is 1.71. The average molecular weight is 297 g/mol. The summed E-state index contributed by atoms with van der Waals surface area (Å²) >= 11 is 0. The second kappa shape index (κ2) is 5.66. The minimum absolute atomic E-state index is 0.0586. The summed E-state index contributed by atoms with van der Waals surface area (Å²) in [5.74, 6) is 0. The number of aryl methyl sites for hydroxylation is 1. The normalized spacial score (nSPS) is 10.4. The topological polar surface area (TPSA) is 93.8 Å². The Bertz CT molecular complexity index is 857. The zero-order valence-electron chi connectivity index (χ0n) is 11.2. The van der Waals surface area contributed by atoms with E-state index in [1.54, 1.807) is 19.1 Å². The standard InChI is InChI=1S/C15H11N3O2S/c1-11-2-3-13(10-17)8-15(11)18-21(19,20)14-6-4-12(9-16)5-7-14/h2-8,18H,1H3. The highest BCUT2D eigenvalue weighted by Crippen LogP contribution is 2.21. The maximum Gasteiger partial charge on any atom is 0.261 e. The van der Waals surface area contributed by atoms with Crippen molar-refractivity contribution in [3.63, 3.8) is 0 Å². The second-order valence-electron chi connectivity index (χ2n) is 4.38. The molecular weight excluding hydrogens is 286 g/mol. The van der Waals surface area contributed by atoms with Crippen molar-refractivity contribution >= 4 is 15.7 Å². The van der Waals surface area contributed by atoms with E-state index in [1.807, 2.05) is 12.1 Å². The van der Waals surface area contributed by atoms with Gasteiger partial charge in [-0.1, -0.05) is 6.07 Å². The summed E-state index contributed by atoms with van der Waals surface area (Å²) in [6, 6.07) is 14.3. The first-order valence-electron chi connectivity index (χ1n) is 6.00. The van der Waals surface area contributed by atoms with E-state index in [2.05, 4.69) is 4.72 Å². The molecule has 6 heteroatoms. The fraction of sp³-hybridized carbons (Fsp3) is 0.0667. The van der Waals surface area contributed by atoms with E-state index in [9.17, 15) is 8.42 Å². The largest absolute Gasteiger partial charge is 0.279 e. The van der Waals surface area contributed by atoms with Crippen LogP contribution in [-0.4, -0.2) is 8.42 Å². The van der Waals surface area contributed by atoms with Gasteiger partial charge in [-0.05, 0) is 48.9 Å². The van der Waals surface area contributed by atoms with Crippen LogP contribution in [0.15, 0.2) is 47.4 Å². The molecule has 0 fully saturated rings. The van der Waals surface area contributed by atoms with Gasteiger partial charge in [0.15, 0.2) is 0 Å². The van der Waals surface area contributed by atoms with Crippen LogP contribution in [0, 0.1) is 29.6 Å². The molecule has 0 saturated heterocycles. The van der Waals surface area contributed by atoms with E-state index in [-0.39, 0.29) is 4.90 Å². The predicted octanol–water partition coefficient (Wildman–Crippen LogP) is 2.54. The number of sulfonamides is 1. The van der Waals surface area contributed by atoms with Gasteiger partial charge in [0.1, 0.15) is 0 Å². The summed E-state index contributed by atoms with van der Waals surface area (Å²) in [6.07, 6.45) is 0. The zero-order chi connectivity index (χ0) is 15.5. The van der Waals surface area contributed by atoms with Gasteiger partial charge in [-0.2, -0.15) is 10.5 Å². The number of benzene rings is 2. The molecule has 0 bridgehead atoms. The van der Waals surface area contributed by atoms with Gasteiger partial charge in [0, 0.05) is 0 Å². The van der Waals surface area contributed by atoms with Crippen LogP contribution in [0.4, 0.5) is 5.69 Å². The highest BCUT2D eigenvalue weighted by atomic mass is 32.2. The Morgan fingerprint density at radius 2 is 1.52 bits per heavy atom. The third-order valence-electron chi connectivity index (χ3n) is 2.90. The van der Waals surface area contributed by atoms with Crippen LogP contribution < -0.4 is 4.72 Å². The summed E-state index contributed by atoms with van der Waals surface area (Å²) < 4.78 is 27.0. The van der Waals surface area contributed by atoms with Gasteiger partial charge < -0.3 is 0 Å². The van der Waals surface area contributed by atoms with Crippen molar-refractivity contribution in [2.75, 3.05) is 4.72 Å². The van der Waals surface area contributed by atoms with Crippen LogP contribution in [-0.2, 0) is 10.0 Å². The van der Waals surface area contributed by atoms with E-state index in [1.165, 1.54) is 30.3 Å². The Balaban J connectivity index is 2.37. The molecular formula is C15H11N3O2S. The zero-order valence-corrected chi connectivity index (χ0v) is 12.0. The Kier molecular flexibility index (Phi) is 3.93. The van der Waals surface area contributed by atoms with Crippen molar-refractivity contribution < 1.29 is 8.42 Å². The summed E-state index contributed by atoms with van der Waals surface area (Å²) in [5, 5.41) is 17.6. The van der Waals surface area contributed by atoms with Gasteiger partial charge in [0.05, 0.1) is 33.8 Å². The summed E-state index contributed by atoms with van der Waals surface area (Å²) in [5.41, 5.74) is 1.83. The molecule has 0 spiro atoms. The van der Waals surface area contributed by atoms with Crippen LogP contribution in [0.5, 0.6) is 0 Å². The minimum atomic E-state index is -3.75. The van der Waals surface area contributed by atoms with Crippen molar-refractivity contribution in [2.24, 2.45) is 0 Å². The highest BCUT2D eigenvalue weighted by Gasteiger charge is 2.15. The smallest absolute Gasteiger partial charge is 0.261 e. The summed E-state index contributed by atoms with van der Waals surface area (Å²) in [7, 11) is -3.75. The molecule has 2 aromatic carbocycles. The van der Waals surface area contributed by atoms with Crippen LogP contribution in [0.25, 0.3) is 0 Å². The van der Waals surface area contributed by atoms with Gasteiger partial charge in [0.25, 0.3) is 10.0 Å². The average Bonchev–Trinajstić information content (AvgIpc) is 2.49. The van der Waals surface area contributed by atoms with Gasteiger partial charge in [-0.25, -0.2) is 8.42 Å². The summed E-state index contributed by atoms with van der Waals surface area (Å²) in [6.45, 7) is 1.75. The van der Waals surface area contributed by atoms with Crippen molar-refractivity contribution in [3.05, 3.63) is 59.2 Å². The molecule has 0 aromatic heterocycles. The molecule has 0 radical (unpaired) electrons. The van der Waals surface area contributed by atoms with E-state index in [0.29, 0.717) is 22.4 Å². The lowest BCUT2D eigenvalue weighted by molar-refractivity contribution is 0.601. The number of rotatable bonds is 3. The molecule has 0 saturated carbocycles. The monoisotopic (exact) mass is 297 g/mol. The van der Waals surface area contributed by atoms with Crippen LogP contribution in [0.3, 0.4) is 0 Å². The molecule has 104 valence electrons. The quantitative estimate of drug-likeness (QED) is 0.942. The summed E-state index contributed by atoms with van der Waals surface area (Å²) in [4.78, 5) is 0.0586. The number of nitriles is 2. The molecule has 1 N–H and O–H groups in total. The lowest BCUT2D eigenvalue weighted by Crippen LogP contribution is -2.13. The molecule has 0 atom stereocenters. The van der Waals surface area contributed by atoms with Crippen LogP contribution in [0.2, 0.25) is 0 Å². The van der Waals surface area contributed by atoms with Gasteiger partial charge >= 0.3 is 0 Å². The van der Waals surface area contributed by atoms with Gasteiger partial charge in [-0.3, -0.25) is 4.72 Å². The number of hydrogen-bond acceptors (Lipinski definition) is 4. The van der Waals surface area contributed by atoms with E-state index >= 15 is 0 Å². The highest BCUT2D eigenvalue weighted by molar-refractivity contribution is 7.92. The van der Waals surface area contributed by atoms with Gasteiger partial charge in [0.2, 0.25) is 0 Å². The maximum absolute atomic E-state index is 12.3. The molecule has 0 unspecified atom stereocenters. The Hall–Kier alpha value is -2.83. The third kappa shape index (κ3) is 3.19. The molecule has 0 aliphatic carbocycles. The molecule has 0 amide bonds. The Morgan fingerprint density at radius 1 is 0.952 bits per heavy atom.